The molecule has 8 nitrogen and oxygen atoms in total. The molecule has 4 heterocycles. The van der Waals surface area contributed by atoms with Gasteiger partial charge in [-0.2, -0.15) is 5.10 Å². The normalized spacial score (nSPS) is 14.5. The predicted octanol–water partition coefficient (Wildman–Crippen LogP) is 1.95. The van der Waals surface area contributed by atoms with Crippen LogP contribution in [0.15, 0.2) is 42.9 Å². The maximum absolute atomic E-state index is 13.0. The molecule has 0 aromatic carbocycles. The number of carbonyl (C=O) groups is 1. The summed E-state index contributed by atoms with van der Waals surface area (Å²) in [6, 6.07) is 7.16. The quantitative estimate of drug-likeness (QED) is 0.691. The van der Waals surface area contributed by atoms with Gasteiger partial charge in [-0.3, -0.25) is 14.5 Å². The van der Waals surface area contributed by atoms with E-state index in [4.69, 9.17) is 9.97 Å². The highest BCUT2D eigenvalue weighted by Gasteiger charge is 2.29. The Hall–Kier alpha value is -3.29. The van der Waals surface area contributed by atoms with Crippen LogP contribution in [0.5, 0.6) is 0 Å². The Morgan fingerprint density at radius 3 is 2.71 bits per heavy atom. The number of amides is 1. The summed E-state index contributed by atoms with van der Waals surface area (Å²) in [6.07, 6.45) is 5.95. The highest BCUT2D eigenvalue weighted by molar-refractivity contribution is 5.80. The lowest BCUT2D eigenvalue weighted by atomic mass is 10.0. The lowest BCUT2D eigenvalue weighted by Gasteiger charge is -2.32. The zero-order valence-corrected chi connectivity index (χ0v) is 16.3. The summed E-state index contributed by atoms with van der Waals surface area (Å²) in [5.41, 5.74) is 2.70. The van der Waals surface area contributed by atoms with E-state index in [1.165, 1.54) is 0 Å². The maximum atomic E-state index is 13.0. The first-order chi connectivity index (χ1) is 13.5. The van der Waals surface area contributed by atoms with Gasteiger partial charge in [0, 0.05) is 44.8 Å². The third kappa shape index (κ3) is 3.33. The Bertz CT molecular complexity index is 970. The SMILES string of the molecule is CC(C(=O)N1CCc2c(nc(-c3ccccn3)nc2N(C)C)C1)n1cccn1. The zero-order valence-electron chi connectivity index (χ0n) is 16.3. The summed E-state index contributed by atoms with van der Waals surface area (Å²) >= 11 is 0. The molecule has 3 aromatic rings. The monoisotopic (exact) mass is 377 g/mol. The molecular formula is C20H23N7O. The van der Waals surface area contributed by atoms with E-state index in [0.29, 0.717) is 18.9 Å². The van der Waals surface area contributed by atoms with Gasteiger partial charge in [-0.1, -0.05) is 6.07 Å². The Morgan fingerprint density at radius 2 is 2.04 bits per heavy atom. The lowest BCUT2D eigenvalue weighted by molar-refractivity contribution is -0.135. The summed E-state index contributed by atoms with van der Waals surface area (Å²) in [6.45, 7) is 2.98. The second-order valence-corrected chi connectivity index (χ2v) is 7.08. The third-order valence-electron chi connectivity index (χ3n) is 4.95. The highest BCUT2D eigenvalue weighted by atomic mass is 16.2. The molecule has 0 saturated carbocycles. The van der Waals surface area contributed by atoms with Crippen LogP contribution in [0.25, 0.3) is 11.5 Å². The maximum Gasteiger partial charge on any atom is 0.247 e. The molecule has 8 heteroatoms. The van der Waals surface area contributed by atoms with Crippen molar-refractivity contribution in [2.45, 2.75) is 25.9 Å². The fraction of sp³-hybridized carbons (Fsp3) is 0.350. The Morgan fingerprint density at radius 1 is 1.18 bits per heavy atom. The molecule has 4 rings (SSSR count). The number of aromatic nitrogens is 5. The summed E-state index contributed by atoms with van der Waals surface area (Å²) in [7, 11) is 3.95. The van der Waals surface area contributed by atoms with Gasteiger partial charge in [0.05, 0.1) is 12.2 Å². The molecule has 1 unspecified atom stereocenters. The topological polar surface area (TPSA) is 80.0 Å². The largest absolute Gasteiger partial charge is 0.362 e. The van der Waals surface area contributed by atoms with E-state index in [9.17, 15) is 4.79 Å². The summed E-state index contributed by atoms with van der Waals surface area (Å²) in [5.74, 6) is 1.51. The molecule has 1 aliphatic heterocycles. The predicted molar refractivity (Wildman–Crippen MR) is 106 cm³/mol. The number of nitrogens with zero attached hydrogens (tertiary/aromatic N) is 7. The van der Waals surface area contributed by atoms with Gasteiger partial charge in [0.1, 0.15) is 17.6 Å². The second-order valence-electron chi connectivity index (χ2n) is 7.08. The number of fused-ring (bicyclic) bond motifs is 1. The molecule has 1 amide bonds. The number of hydrogen-bond acceptors (Lipinski definition) is 6. The average Bonchev–Trinajstić information content (AvgIpc) is 3.26. The molecule has 0 fully saturated rings. The van der Waals surface area contributed by atoms with Gasteiger partial charge < -0.3 is 9.80 Å². The summed E-state index contributed by atoms with van der Waals surface area (Å²) in [4.78, 5) is 30.7. The molecule has 0 saturated heterocycles. The number of pyridine rings is 1. The van der Waals surface area contributed by atoms with E-state index in [1.54, 1.807) is 17.1 Å². The Balaban J connectivity index is 1.67. The molecule has 1 atom stereocenters. The molecule has 28 heavy (non-hydrogen) atoms. The van der Waals surface area contributed by atoms with Crippen LogP contribution in [0, 0.1) is 0 Å². The Kier molecular flexibility index (Phi) is 4.77. The van der Waals surface area contributed by atoms with Gasteiger partial charge >= 0.3 is 0 Å². The fourth-order valence-electron chi connectivity index (χ4n) is 3.47. The molecule has 0 aliphatic carbocycles. The van der Waals surface area contributed by atoms with Gasteiger partial charge in [0.15, 0.2) is 5.82 Å². The average molecular weight is 377 g/mol. The van der Waals surface area contributed by atoms with Crippen LogP contribution in [0.2, 0.25) is 0 Å². The van der Waals surface area contributed by atoms with E-state index in [-0.39, 0.29) is 11.9 Å². The van der Waals surface area contributed by atoms with Crippen LogP contribution in [0.4, 0.5) is 5.82 Å². The van der Waals surface area contributed by atoms with Crippen molar-refractivity contribution in [3.8, 4) is 11.5 Å². The van der Waals surface area contributed by atoms with Crippen molar-refractivity contribution >= 4 is 11.7 Å². The van der Waals surface area contributed by atoms with Crippen LogP contribution in [-0.2, 0) is 17.8 Å². The standard InChI is InChI=1S/C20H23N7O/c1-14(27-11-6-10-22-27)20(28)26-12-8-15-17(13-26)23-18(24-19(15)25(2)3)16-7-4-5-9-21-16/h4-7,9-11,14H,8,12-13H2,1-3H3. The van der Waals surface area contributed by atoms with Crippen molar-refractivity contribution in [3.05, 3.63) is 54.1 Å². The first kappa shape index (κ1) is 18.1. The van der Waals surface area contributed by atoms with Crippen molar-refractivity contribution < 1.29 is 4.79 Å². The lowest BCUT2D eigenvalue weighted by Crippen LogP contribution is -2.41. The van der Waals surface area contributed by atoms with Gasteiger partial charge in [0.2, 0.25) is 5.91 Å². The van der Waals surface area contributed by atoms with Gasteiger partial charge in [-0.15, -0.1) is 0 Å². The molecule has 3 aromatic heterocycles. The molecule has 0 N–H and O–H groups in total. The molecule has 1 aliphatic rings. The summed E-state index contributed by atoms with van der Waals surface area (Å²) < 4.78 is 1.68. The number of anilines is 1. The third-order valence-corrected chi connectivity index (χ3v) is 4.95. The molecular weight excluding hydrogens is 354 g/mol. The Labute approximate surface area is 163 Å². The van der Waals surface area contributed by atoms with Crippen LogP contribution >= 0.6 is 0 Å². The number of hydrogen-bond donors (Lipinski definition) is 0. The minimum Gasteiger partial charge on any atom is -0.362 e. The van der Waals surface area contributed by atoms with E-state index in [2.05, 4.69) is 10.1 Å². The molecule has 144 valence electrons. The van der Waals surface area contributed by atoms with Crippen LogP contribution in [0.1, 0.15) is 24.2 Å². The van der Waals surface area contributed by atoms with Gasteiger partial charge in [-0.25, -0.2) is 9.97 Å². The van der Waals surface area contributed by atoms with Crippen molar-refractivity contribution in [2.75, 3.05) is 25.5 Å². The molecule has 0 spiro atoms. The highest BCUT2D eigenvalue weighted by Crippen LogP contribution is 2.28. The van der Waals surface area contributed by atoms with Crippen molar-refractivity contribution in [2.24, 2.45) is 0 Å². The fourth-order valence-corrected chi connectivity index (χ4v) is 3.47. The van der Waals surface area contributed by atoms with E-state index in [1.807, 2.05) is 61.3 Å². The first-order valence-corrected chi connectivity index (χ1v) is 9.31. The van der Waals surface area contributed by atoms with Crippen molar-refractivity contribution in [1.29, 1.82) is 0 Å². The van der Waals surface area contributed by atoms with Gasteiger partial charge in [0.25, 0.3) is 0 Å². The van der Waals surface area contributed by atoms with Crippen molar-refractivity contribution in [1.82, 2.24) is 29.6 Å². The van der Waals surface area contributed by atoms with E-state index in [0.717, 1.165) is 29.2 Å². The van der Waals surface area contributed by atoms with Gasteiger partial charge in [-0.05, 0) is 31.5 Å². The summed E-state index contributed by atoms with van der Waals surface area (Å²) in [5, 5.41) is 4.20. The number of rotatable bonds is 4. The van der Waals surface area contributed by atoms with Crippen LogP contribution in [0.3, 0.4) is 0 Å². The molecule has 0 bridgehead atoms. The van der Waals surface area contributed by atoms with Crippen LogP contribution in [-0.4, -0.2) is 56.2 Å². The molecule has 0 radical (unpaired) electrons. The van der Waals surface area contributed by atoms with Crippen molar-refractivity contribution in [3.63, 3.8) is 0 Å². The first-order valence-electron chi connectivity index (χ1n) is 9.31. The van der Waals surface area contributed by atoms with Crippen LogP contribution < -0.4 is 4.90 Å². The second kappa shape index (κ2) is 7.38. The minimum atomic E-state index is -0.345. The minimum absolute atomic E-state index is 0.0405. The smallest absolute Gasteiger partial charge is 0.247 e. The zero-order chi connectivity index (χ0) is 19.7. The van der Waals surface area contributed by atoms with E-state index < -0.39 is 0 Å². The van der Waals surface area contributed by atoms with E-state index >= 15 is 0 Å². The number of carbonyl (C=O) groups excluding carboxylic acids is 1.